The van der Waals surface area contributed by atoms with Gasteiger partial charge in [-0.15, -0.1) is 0 Å². The third kappa shape index (κ3) is 2.69. The summed E-state index contributed by atoms with van der Waals surface area (Å²) in [6.45, 7) is 2.01. The van der Waals surface area contributed by atoms with Crippen LogP contribution in [0.4, 0.5) is 0 Å². The maximum Gasteiger partial charge on any atom is 0.157 e. The van der Waals surface area contributed by atoms with Gasteiger partial charge in [0.05, 0.1) is 15.3 Å². The van der Waals surface area contributed by atoms with Crippen LogP contribution in [0.25, 0.3) is 16.7 Å². The fourth-order valence-corrected chi connectivity index (χ4v) is 2.65. The van der Waals surface area contributed by atoms with Crippen molar-refractivity contribution in [2.24, 2.45) is 5.73 Å². The molecule has 0 aliphatic carbocycles. The summed E-state index contributed by atoms with van der Waals surface area (Å²) in [6, 6.07) is 10.4. The molecular weight excluding hydrogens is 363 g/mol. The molecule has 0 bridgehead atoms. The van der Waals surface area contributed by atoms with Crippen molar-refractivity contribution in [2.45, 2.75) is 19.4 Å². The number of benzene rings is 1. The van der Waals surface area contributed by atoms with Crippen LogP contribution in [0.2, 0.25) is 0 Å². The summed E-state index contributed by atoms with van der Waals surface area (Å²) >= 11 is 2.25. The van der Waals surface area contributed by atoms with Crippen LogP contribution >= 0.6 is 22.6 Å². The standard InChI is InChI=1S/C15H15IN4/c1-10(17)6-12-7-11-4-2-3-5-14(11)19-15(12)20-9-13(16)8-18-20/h2-5,7-10H,6,17H2,1H3. The monoisotopic (exact) mass is 378 g/mol. The molecule has 1 aromatic carbocycles. The van der Waals surface area contributed by atoms with Crippen LogP contribution in [0.1, 0.15) is 12.5 Å². The highest BCUT2D eigenvalue weighted by atomic mass is 127. The highest BCUT2D eigenvalue weighted by Crippen LogP contribution is 2.21. The Bertz CT molecular complexity index is 748. The van der Waals surface area contributed by atoms with Gasteiger partial charge >= 0.3 is 0 Å². The lowest BCUT2D eigenvalue weighted by Crippen LogP contribution is -2.19. The van der Waals surface area contributed by atoms with E-state index in [0.29, 0.717) is 0 Å². The van der Waals surface area contributed by atoms with Gasteiger partial charge in [-0.3, -0.25) is 0 Å². The van der Waals surface area contributed by atoms with E-state index in [2.05, 4.69) is 39.8 Å². The molecule has 2 N–H and O–H groups in total. The summed E-state index contributed by atoms with van der Waals surface area (Å²) in [5.41, 5.74) is 8.06. The Kier molecular flexibility index (Phi) is 3.71. The number of para-hydroxylation sites is 1. The SMILES string of the molecule is CC(N)Cc1cc2ccccc2nc1-n1cc(I)cn1. The summed E-state index contributed by atoms with van der Waals surface area (Å²) in [5.74, 6) is 0.865. The molecule has 0 spiro atoms. The second-order valence-electron chi connectivity index (χ2n) is 4.95. The largest absolute Gasteiger partial charge is 0.328 e. The van der Waals surface area contributed by atoms with Crippen LogP contribution in [0, 0.1) is 3.57 Å². The molecule has 0 radical (unpaired) electrons. The first-order valence-corrected chi connectivity index (χ1v) is 7.56. The molecule has 0 amide bonds. The van der Waals surface area contributed by atoms with Gasteiger partial charge in [0.1, 0.15) is 0 Å². The predicted octanol–water partition coefficient (Wildman–Crippen LogP) is 2.91. The zero-order valence-corrected chi connectivity index (χ0v) is 13.3. The van der Waals surface area contributed by atoms with Crippen molar-refractivity contribution in [3.05, 3.63) is 51.9 Å². The topological polar surface area (TPSA) is 56.7 Å². The van der Waals surface area contributed by atoms with Crippen molar-refractivity contribution in [3.63, 3.8) is 0 Å². The summed E-state index contributed by atoms with van der Waals surface area (Å²) in [4.78, 5) is 4.75. The van der Waals surface area contributed by atoms with Crippen molar-refractivity contribution in [1.29, 1.82) is 0 Å². The number of fused-ring (bicyclic) bond motifs is 1. The van der Waals surface area contributed by atoms with Gasteiger partial charge in [0, 0.05) is 17.6 Å². The molecule has 0 fully saturated rings. The zero-order chi connectivity index (χ0) is 14.1. The van der Waals surface area contributed by atoms with Crippen molar-refractivity contribution >= 4 is 33.5 Å². The van der Waals surface area contributed by atoms with Crippen LogP contribution in [0.5, 0.6) is 0 Å². The van der Waals surface area contributed by atoms with E-state index >= 15 is 0 Å². The summed E-state index contributed by atoms with van der Waals surface area (Å²) in [7, 11) is 0. The minimum absolute atomic E-state index is 0.0892. The number of pyridine rings is 1. The van der Waals surface area contributed by atoms with Crippen LogP contribution in [-0.2, 0) is 6.42 Å². The average molecular weight is 378 g/mol. The molecular formula is C15H15IN4. The molecule has 4 nitrogen and oxygen atoms in total. The minimum atomic E-state index is 0.0892. The van der Waals surface area contributed by atoms with Gasteiger partial charge < -0.3 is 5.73 Å². The van der Waals surface area contributed by atoms with Gasteiger partial charge in [-0.25, -0.2) is 9.67 Å². The first-order chi connectivity index (χ1) is 9.63. The quantitative estimate of drug-likeness (QED) is 0.714. The first kappa shape index (κ1) is 13.5. The van der Waals surface area contributed by atoms with E-state index in [1.165, 1.54) is 0 Å². The second kappa shape index (κ2) is 5.49. The third-order valence-corrected chi connectivity index (χ3v) is 3.65. The van der Waals surface area contributed by atoms with Crippen LogP contribution < -0.4 is 5.73 Å². The van der Waals surface area contributed by atoms with Gasteiger partial charge in [0.25, 0.3) is 0 Å². The average Bonchev–Trinajstić information content (AvgIpc) is 2.84. The number of hydrogen-bond donors (Lipinski definition) is 1. The molecule has 3 aromatic rings. The van der Waals surface area contributed by atoms with E-state index in [1.807, 2.05) is 42.2 Å². The molecule has 2 heterocycles. The van der Waals surface area contributed by atoms with Crippen LogP contribution in [0.3, 0.4) is 0 Å². The van der Waals surface area contributed by atoms with E-state index in [0.717, 1.165) is 32.3 Å². The van der Waals surface area contributed by atoms with Crippen molar-refractivity contribution < 1.29 is 0 Å². The zero-order valence-electron chi connectivity index (χ0n) is 11.1. The van der Waals surface area contributed by atoms with E-state index in [1.54, 1.807) is 0 Å². The van der Waals surface area contributed by atoms with Gasteiger partial charge in [-0.05, 0) is 53.6 Å². The molecule has 0 aliphatic heterocycles. The fraction of sp³-hybridized carbons (Fsp3) is 0.200. The van der Waals surface area contributed by atoms with Gasteiger partial charge in [0.15, 0.2) is 5.82 Å². The Balaban J connectivity index is 2.21. The number of halogens is 1. The van der Waals surface area contributed by atoms with Gasteiger partial charge in [-0.1, -0.05) is 18.2 Å². The minimum Gasteiger partial charge on any atom is -0.328 e. The predicted molar refractivity (Wildman–Crippen MR) is 88.9 cm³/mol. The van der Waals surface area contributed by atoms with Gasteiger partial charge in [0.2, 0.25) is 0 Å². The lowest BCUT2D eigenvalue weighted by molar-refractivity contribution is 0.722. The van der Waals surface area contributed by atoms with Crippen molar-refractivity contribution in [2.75, 3.05) is 0 Å². The molecule has 3 rings (SSSR count). The molecule has 0 saturated carbocycles. The van der Waals surface area contributed by atoms with E-state index in [4.69, 9.17) is 10.7 Å². The molecule has 20 heavy (non-hydrogen) atoms. The summed E-state index contributed by atoms with van der Waals surface area (Å²) in [5, 5.41) is 5.50. The third-order valence-electron chi connectivity index (χ3n) is 3.09. The summed E-state index contributed by atoms with van der Waals surface area (Å²) < 4.78 is 2.91. The molecule has 5 heteroatoms. The van der Waals surface area contributed by atoms with Gasteiger partial charge in [-0.2, -0.15) is 5.10 Å². The first-order valence-electron chi connectivity index (χ1n) is 6.48. The molecule has 102 valence electrons. The molecule has 1 unspecified atom stereocenters. The number of aromatic nitrogens is 3. The molecule has 0 aliphatic rings. The smallest absolute Gasteiger partial charge is 0.157 e. The van der Waals surface area contributed by atoms with Crippen molar-refractivity contribution in [1.82, 2.24) is 14.8 Å². The molecule has 0 saturated heterocycles. The van der Waals surface area contributed by atoms with Crippen molar-refractivity contribution in [3.8, 4) is 5.82 Å². The molecule has 2 aromatic heterocycles. The lowest BCUT2D eigenvalue weighted by Gasteiger charge is -2.12. The van der Waals surface area contributed by atoms with Crippen LogP contribution in [-0.4, -0.2) is 20.8 Å². The number of rotatable bonds is 3. The lowest BCUT2D eigenvalue weighted by atomic mass is 10.1. The maximum absolute atomic E-state index is 5.96. The Labute approximate surface area is 131 Å². The highest BCUT2D eigenvalue weighted by Gasteiger charge is 2.11. The Morgan fingerprint density at radius 2 is 2.15 bits per heavy atom. The Morgan fingerprint density at radius 1 is 1.35 bits per heavy atom. The summed E-state index contributed by atoms with van der Waals surface area (Å²) in [6.07, 6.45) is 4.58. The van der Waals surface area contributed by atoms with Crippen LogP contribution in [0.15, 0.2) is 42.7 Å². The number of hydrogen-bond acceptors (Lipinski definition) is 3. The number of nitrogens with zero attached hydrogens (tertiary/aromatic N) is 3. The fourth-order valence-electron chi connectivity index (χ4n) is 2.26. The highest BCUT2D eigenvalue weighted by molar-refractivity contribution is 14.1. The second-order valence-corrected chi connectivity index (χ2v) is 6.19. The Morgan fingerprint density at radius 3 is 2.85 bits per heavy atom. The van der Waals surface area contributed by atoms with E-state index in [9.17, 15) is 0 Å². The Hall–Kier alpha value is -1.47. The molecule has 1 atom stereocenters. The normalized spacial score (nSPS) is 12.8. The maximum atomic E-state index is 5.96. The number of nitrogens with two attached hydrogens (primary N) is 1. The van der Waals surface area contributed by atoms with E-state index < -0.39 is 0 Å². The van der Waals surface area contributed by atoms with E-state index in [-0.39, 0.29) is 6.04 Å².